The van der Waals surface area contributed by atoms with Crippen molar-refractivity contribution in [2.75, 3.05) is 5.32 Å². The van der Waals surface area contributed by atoms with Crippen molar-refractivity contribution >= 4 is 34.0 Å². The molecule has 0 unspecified atom stereocenters. The Morgan fingerprint density at radius 3 is 2.62 bits per heavy atom. The van der Waals surface area contributed by atoms with Gasteiger partial charge in [-0.25, -0.2) is 9.97 Å². The molecular weight excluding hydrogens is 282 g/mol. The zero-order chi connectivity index (χ0) is 14.8. The average molecular weight is 297 g/mol. The molecule has 1 aromatic carbocycles. The van der Waals surface area contributed by atoms with Crippen LogP contribution in [0, 0.1) is 13.8 Å². The molecule has 0 aliphatic carbocycles. The number of benzene rings is 1. The van der Waals surface area contributed by atoms with Crippen LogP contribution >= 0.6 is 11.3 Å². The maximum atomic E-state index is 12.0. The first-order valence-electron chi connectivity index (χ1n) is 6.69. The predicted octanol–water partition coefficient (Wildman–Crippen LogP) is 3.49. The molecule has 0 bridgehead atoms. The number of nitrogens with zero attached hydrogens (tertiary/aromatic N) is 2. The molecule has 0 saturated heterocycles. The van der Waals surface area contributed by atoms with Gasteiger partial charge in [0.2, 0.25) is 5.91 Å². The standard InChI is InChI=1S/C16H15N3OS/c1-10-11(2)18-15-8-12(5-6-14(15)17-10)19-16(20)9-13-4-3-7-21-13/h3-8H,9H2,1-2H3,(H,19,20). The van der Waals surface area contributed by atoms with E-state index in [4.69, 9.17) is 0 Å². The molecule has 21 heavy (non-hydrogen) atoms. The molecule has 0 aliphatic rings. The van der Waals surface area contributed by atoms with Gasteiger partial charge < -0.3 is 5.32 Å². The lowest BCUT2D eigenvalue weighted by Gasteiger charge is -2.07. The molecule has 2 aromatic heterocycles. The van der Waals surface area contributed by atoms with Gasteiger partial charge in [0.05, 0.1) is 28.8 Å². The van der Waals surface area contributed by atoms with Crippen molar-refractivity contribution in [2.24, 2.45) is 0 Å². The van der Waals surface area contributed by atoms with Gasteiger partial charge in [0, 0.05) is 10.6 Å². The van der Waals surface area contributed by atoms with E-state index in [9.17, 15) is 4.79 Å². The normalized spacial score (nSPS) is 10.8. The highest BCUT2D eigenvalue weighted by Crippen LogP contribution is 2.18. The van der Waals surface area contributed by atoms with Crippen LogP contribution in [0.4, 0.5) is 5.69 Å². The minimum absolute atomic E-state index is 0.0198. The Morgan fingerprint density at radius 1 is 1.14 bits per heavy atom. The van der Waals surface area contributed by atoms with E-state index in [0.29, 0.717) is 6.42 Å². The maximum Gasteiger partial charge on any atom is 0.229 e. The van der Waals surface area contributed by atoms with Crippen LogP contribution in [0.15, 0.2) is 35.7 Å². The summed E-state index contributed by atoms with van der Waals surface area (Å²) in [5.41, 5.74) is 4.23. The van der Waals surface area contributed by atoms with E-state index < -0.39 is 0 Å². The summed E-state index contributed by atoms with van der Waals surface area (Å²) in [5, 5.41) is 4.88. The molecule has 3 rings (SSSR count). The zero-order valence-electron chi connectivity index (χ0n) is 11.9. The summed E-state index contributed by atoms with van der Waals surface area (Å²) in [6.07, 6.45) is 0.397. The highest BCUT2D eigenvalue weighted by molar-refractivity contribution is 7.10. The zero-order valence-corrected chi connectivity index (χ0v) is 12.7. The van der Waals surface area contributed by atoms with Crippen LogP contribution in [0.1, 0.15) is 16.3 Å². The van der Waals surface area contributed by atoms with Gasteiger partial charge in [-0.2, -0.15) is 0 Å². The van der Waals surface area contributed by atoms with Crippen LogP contribution in [0.25, 0.3) is 11.0 Å². The summed E-state index contributed by atoms with van der Waals surface area (Å²) in [4.78, 5) is 22.0. The first-order chi connectivity index (χ1) is 10.1. The number of rotatable bonds is 3. The summed E-state index contributed by atoms with van der Waals surface area (Å²) in [5.74, 6) is -0.0198. The fourth-order valence-corrected chi connectivity index (χ4v) is 2.79. The van der Waals surface area contributed by atoms with E-state index in [0.717, 1.165) is 33.0 Å². The number of carbonyl (C=O) groups excluding carboxylic acids is 1. The molecule has 0 atom stereocenters. The van der Waals surface area contributed by atoms with Gasteiger partial charge >= 0.3 is 0 Å². The van der Waals surface area contributed by atoms with Gasteiger partial charge in [0.1, 0.15) is 0 Å². The van der Waals surface area contributed by atoms with Crippen LogP contribution < -0.4 is 5.32 Å². The molecule has 1 amide bonds. The summed E-state index contributed by atoms with van der Waals surface area (Å²) < 4.78 is 0. The quantitative estimate of drug-likeness (QED) is 0.805. The monoisotopic (exact) mass is 297 g/mol. The molecule has 106 valence electrons. The summed E-state index contributed by atoms with van der Waals surface area (Å²) in [6, 6.07) is 9.51. The second-order valence-corrected chi connectivity index (χ2v) is 5.93. The molecule has 0 radical (unpaired) electrons. The number of thiophene rings is 1. The van der Waals surface area contributed by atoms with Gasteiger partial charge in [-0.05, 0) is 43.5 Å². The van der Waals surface area contributed by atoms with Crippen LogP contribution in [0.5, 0.6) is 0 Å². The number of aromatic nitrogens is 2. The van der Waals surface area contributed by atoms with Gasteiger partial charge in [0.25, 0.3) is 0 Å². The average Bonchev–Trinajstić information content (AvgIpc) is 2.93. The lowest BCUT2D eigenvalue weighted by molar-refractivity contribution is -0.115. The predicted molar refractivity (Wildman–Crippen MR) is 85.7 cm³/mol. The van der Waals surface area contributed by atoms with E-state index in [1.807, 2.05) is 49.6 Å². The summed E-state index contributed by atoms with van der Waals surface area (Å²) in [7, 11) is 0. The van der Waals surface area contributed by atoms with E-state index in [1.54, 1.807) is 11.3 Å². The minimum Gasteiger partial charge on any atom is -0.326 e. The van der Waals surface area contributed by atoms with Crippen molar-refractivity contribution in [3.8, 4) is 0 Å². The lowest BCUT2D eigenvalue weighted by atomic mass is 10.2. The maximum absolute atomic E-state index is 12.0. The number of hydrogen-bond donors (Lipinski definition) is 1. The number of amides is 1. The van der Waals surface area contributed by atoms with E-state index in [-0.39, 0.29) is 5.91 Å². The second kappa shape index (κ2) is 5.61. The number of fused-ring (bicyclic) bond motifs is 1. The molecule has 5 heteroatoms. The third-order valence-corrected chi connectivity index (χ3v) is 4.15. The fraction of sp³-hybridized carbons (Fsp3) is 0.188. The van der Waals surface area contributed by atoms with Gasteiger partial charge in [0.15, 0.2) is 0 Å². The van der Waals surface area contributed by atoms with Crippen LogP contribution in [0.2, 0.25) is 0 Å². The van der Waals surface area contributed by atoms with Gasteiger partial charge in [-0.15, -0.1) is 11.3 Å². The Kier molecular flexibility index (Phi) is 3.66. The Bertz CT molecular complexity index is 797. The van der Waals surface area contributed by atoms with Crippen molar-refractivity contribution in [3.05, 3.63) is 52.0 Å². The first kappa shape index (κ1) is 13.7. The second-order valence-electron chi connectivity index (χ2n) is 4.90. The SMILES string of the molecule is Cc1nc2ccc(NC(=O)Cc3cccs3)cc2nc1C. The topological polar surface area (TPSA) is 54.9 Å². The third-order valence-electron chi connectivity index (χ3n) is 3.27. The van der Waals surface area contributed by atoms with Crippen molar-refractivity contribution in [1.29, 1.82) is 0 Å². The van der Waals surface area contributed by atoms with E-state index in [1.165, 1.54) is 0 Å². The Hall–Kier alpha value is -2.27. The smallest absolute Gasteiger partial charge is 0.229 e. The van der Waals surface area contributed by atoms with E-state index in [2.05, 4.69) is 15.3 Å². The first-order valence-corrected chi connectivity index (χ1v) is 7.57. The van der Waals surface area contributed by atoms with Crippen molar-refractivity contribution < 1.29 is 4.79 Å². The fourth-order valence-electron chi connectivity index (χ4n) is 2.09. The van der Waals surface area contributed by atoms with Crippen LogP contribution in [-0.4, -0.2) is 15.9 Å². The lowest BCUT2D eigenvalue weighted by Crippen LogP contribution is -2.13. The van der Waals surface area contributed by atoms with Crippen molar-refractivity contribution in [3.63, 3.8) is 0 Å². The largest absolute Gasteiger partial charge is 0.326 e. The molecular formula is C16H15N3OS. The van der Waals surface area contributed by atoms with Gasteiger partial charge in [-0.1, -0.05) is 6.07 Å². The Balaban J connectivity index is 1.81. The Labute approximate surface area is 126 Å². The highest BCUT2D eigenvalue weighted by atomic mass is 32.1. The molecule has 0 saturated carbocycles. The van der Waals surface area contributed by atoms with E-state index >= 15 is 0 Å². The number of carbonyl (C=O) groups is 1. The molecule has 2 heterocycles. The number of anilines is 1. The number of aryl methyl sites for hydroxylation is 2. The van der Waals surface area contributed by atoms with Crippen molar-refractivity contribution in [1.82, 2.24) is 9.97 Å². The van der Waals surface area contributed by atoms with Crippen LogP contribution in [-0.2, 0) is 11.2 Å². The molecule has 0 fully saturated rings. The minimum atomic E-state index is -0.0198. The summed E-state index contributed by atoms with van der Waals surface area (Å²) >= 11 is 1.58. The molecule has 0 spiro atoms. The number of hydrogen-bond acceptors (Lipinski definition) is 4. The van der Waals surface area contributed by atoms with Crippen LogP contribution in [0.3, 0.4) is 0 Å². The third kappa shape index (κ3) is 3.08. The van der Waals surface area contributed by atoms with Crippen molar-refractivity contribution in [2.45, 2.75) is 20.3 Å². The highest BCUT2D eigenvalue weighted by Gasteiger charge is 2.07. The molecule has 4 nitrogen and oxygen atoms in total. The Morgan fingerprint density at radius 2 is 1.90 bits per heavy atom. The summed E-state index contributed by atoms with van der Waals surface area (Å²) in [6.45, 7) is 3.88. The van der Waals surface area contributed by atoms with Gasteiger partial charge in [-0.3, -0.25) is 4.79 Å². The number of nitrogens with one attached hydrogen (secondary N) is 1. The molecule has 0 aliphatic heterocycles. The molecule has 3 aromatic rings. The molecule has 1 N–H and O–H groups in total.